The van der Waals surface area contributed by atoms with Gasteiger partial charge in [-0.1, -0.05) is 18.2 Å². The molecule has 0 aliphatic rings. The van der Waals surface area contributed by atoms with Crippen molar-refractivity contribution in [3.8, 4) is 5.75 Å². The summed E-state index contributed by atoms with van der Waals surface area (Å²) in [5.41, 5.74) is 2.56. The maximum atomic E-state index is 11.7. The average Bonchev–Trinajstić information content (AvgIpc) is 2.52. The number of nitrogens with zero attached hydrogens (tertiary/aromatic N) is 1. The van der Waals surface area contributed by atoms with Gasteiger partial charge in [0.05, 0.1) is 19.8 Å². The molecule has 0 spiro atoms. The van der Waals surface area contributed by atoms with Crippen LogP contribution in [0.3, 0.4) is 0 Å². The van der Waals surface area contributed by atoms with Crippen LogP contribution < -0.4 is 4.74 Å². The van der Waals surface area contributed by atoms with E-state index in [4.69, 9.17) is 9.47 Å². The molecule has 104 valence electrons. The van der Waals surface area contributed by atoms with Gasteiger partial charge in [0.25, 0.3) is 0 Å². The Morgan fingerprint density at radius 3 is 2.60 bits per heavy atom. The quantitative estimate of drug-likeness (QED) is 0.784. The number of aryl methyl sites for hydroxylation is 2. The Labute approximate surface area is 118 Å². The standard InChI is InChI=1S/C16H17NO3/c1-19-15-6-4-3-5-13(15)8-7-12-9-10-17-11-14(12)16(18)20-2/h3-6,9-11H,7-8H2,1-2H3. The zero-order chi connectivity index (χ0) is 14.4. The molecule has 0 amide bonds. The fraction of sp³-hybridized carbons (Fsp3) is 0.250. The smallest absolute Gasteiger partial charge is 0.339 e. The lowest BCUT2D eigenvalue weighted by Gasteiger charge is -2.10. The number of carbonyl (C=O) groups excluding carboxylic acids is 1. The van der Waals surface area contributed by atoms with Gasteiger partial charge < -0.3 is 9.47 Å². The summed E-state index contributed by atoms with van der Waals surface area (Å²) in [7, 11) is 3.03. The Morgan fingerprint density at radius 1 is 1.10 bits per heavy atom. The first-order chi connectivity index (χ1) is 9.76. The zero-order valence-corrected chi connectivity index (χ0v) is 11.6. The lowest BCUT2D eigenvalue weighted by atomic mass is 10.0. The number of carbonyl (C=O) groups is 1. The molecule has 0 atom stereocenters. The van der Waals surface area contributed by atoms with Crippen LogP contribution in [0.25, 0.3) is 0 Å². The lowest BCUT2D eigenvalue weighted by Crippen LogP contribution is -2.07. The van der Waals surface area contributed by atoms with E-state index in [1.807, 2.05) is 30.3 Å². The van der Waals surface area contributed by atoms with Crippen LogP contribution in [0.4, 0.5) is 0 Å². The molecule has 0 N–H and O–H groups in total. The molecule has 0 bridgehead atoms. The minimum absolute atomic E-state index is 0.354. The second-order valence-electron chi connectivity index (χ2n) is 4.34. The fourth-order valence-corrected chi connectivity index (χ4v) is 2.11. The van der Waals surface area contributed by atoms with Gasteiger partial charge in [0.2, 0.25) is 0 Å². The number of benzene rings is 1. The van der Waals surface area contributed by atoms with Crippen molar-refractivity contribution in [3.63, 3.8) is 0 Å². The predicted octanol–water partition coefficient (Wildman–Crippen LogP) is 2.66. The number of pyridine rings is 1. The number of hydrogen-bond acceptors (Lipinski definition) is 4. The van der Waals surface area contributed by atoms with Crippen molar-refractivity contribution >= 4 is 5.97 Å². The summed E-state index contributed by atoms with van der Waals surface area (Å²) < 4.78 is 10.1. The predicted molar refractivity (Wildman–Crippen MR) is 76.0 cm³/mol. The topological polar surface area (TPSA) is 48.4 Å². The molecule has 2 rings (SSSR count). The fourth-order valence-electron chi connectivity index (χ4n) is 2.11. The van der Waals surface area contributed by atoms with Crippen LogP contribution >= 0.6 is 0 Å². The molecule has 0 aliphatic heterocycles. The van der Waals surface area contributed by atoms with Gasteiger partial charge in [-0.3, -0.25) is 4.98 Å². The van der Waals surface area contributed by atoms with Crippen molar-refractivity contribution in [1.29, 1.82) is 0 Å². The van der Waals surface area contributed by atoms with Gasteiger partial charge in [0.1, 0.15) is 5.75 Å². The number of methoxy groups -OCH3 is 2. The Hall–Kier alpha value is -2.36. The van der Waals surface area contributed by atoms with Gasteiger partial charge in [-0.25, -0.2) is 4.79 Å². The van der Waals surface area contributed by atoms with E-state index in [1.54, 1.807) is 19.5 Å². The average molecular weight is 271 g/mol. The molecule has 20 heavy (non-hydrogen) atoms. The van der Waals surface area contributed by atoms with E-state index in [-0.39, 0.29) is 5.97 Å². The van der Waals surface area contributed by atoms with E-state index in [0.29, 0.717) is 5.56 Å². The minimum atomic E-state index is -0.354. The maximum absolute atomic E-state index is 11.7. The molecular weight excluding hydrogens is 254 g/mol. The van der Waals surface area contributed by atoms with Crippen LogP contribution in [0.1, 0.15) is 21.5 Å². The third-order valence-corrected chi connectivity index (χ3v) is 3.17. The zero-order valence-electron chi connectivity index (χ0n) is 11.6. The van der Waals surface area contributed by atoms with E-state index in [9.17, 15) is 4.79 Å². The van der Waals surface area contributed by atoms with Gasteiger partial charge in [-0.15, -0.1) is 0 Å². The van der Waals surface area contributed by atoms with Crippen molar-refractivity contribution in [3.05, 3.63) is 59.4 Å². The molecule has 2 aromatic rings. The van der Waals surface area contributed by atoms with Crippen molar-refractivity contribution < 1.29 is 14.3 Å². The first-order valence-electron chi connectivity index (χ1n) is 6.39. The Bertz CT molecular complexity index is 596. The highest BCUT2D eigenvalue weighted by molar-refractivity contribution is 5.90. The Morgan fingerprint density at radius 2 is 1.85 bits per heavy atom. The SMILES string of the molecule is COC(=O)c1cnccc1CCc1ccccc1OC. The molecule has 0 aliphatic carbocycles. The van der Waals surface area contributed by atoms with Gasteiger partial charge in [-0.2, -0.15) is 0 Å². The summed E-state index contributed by atoms with van der Waals surface area (Å²) in [6.07, 6.45) is 4.75. The van der Waals surface area contributed by atoms with Crippen LogP contribution in [0.2, 0.25) is 0 Å². The highest BCUT2D eigenvalue weighted by Crippen LogP contribution is 2.20. The van der Waals surface area contributed by atoms with Crippen LogP contribution in [0.15, 0.2) is 42.7 Å². The second kappa shape index (κ2) is 6.70. The van der Waals surface area contributed by atoms with Crippen LogP contribution in [0, 0.1) is 0 Å². The number of para-hydroxylation sites is 1. The molecule has 0 saturated carbocycles. The molecule has 1 aromatic heterocycles. The Balaban J connectivity index is 2.17. The molecule has 4 heteroatoms. The van der Waals surface area contributed by atoms with Gasteiger partial charge >= 0.3 is 5.97 Å². The van der Waals surface area contributed by atoms with Crippen molar-refractivity contribution in [2.75, 3.05) is 14.2 Å². The minimum Gasteiger partial charge on any atom is -0.496 e. The first-order valence-corrected chi connectivity index (χ1v) is 6.39. The normalized spacial score (nSPS) is 10.1. The summed E-state index contributed by atoms with van der Waals surface area (Å²) in [6, 6.07) is 9.73. The second-order valence-corrected chi connectivity index (χ2v) is 4.34. The van der Waals surface area contributed by atoms with Crippen molar-refractivity contribution in [2.24, 2.45) is 0 Å². The first kappa shape index (κ1) is 14.1. The van der Waals surface area contributed by atoms with Gasteiger partial charge in [0.15, 0.2) is 0 Å². The number of rotatable bonds is 5. The molecule has 0 radical (unpaired) electrons. The Kier molecular flexibility index (Phi) is 4.71. The van der Waals surface area contributed by atoms with Gasteiger partial charge in [-0.05, 0) is 36.1 Å². The van der Waals surface area contributed by atoms with Crippen LogP contribution in [-0.2, 0) is 17.6 Å². The number of aromatic nitrogens is 1. The van der Waals surface area contributed by atoms with Gasteiger partial charge in [0, 0.05) is 12.4 Å². The summed E-state index contributed by atoms with van der Waals surface area (Å²) in [6.45, 7) is 0. The summed E-state index contributed by atoms with van der Waals surface area (Å²) in [5, 5.41) is 0. The molecular formula is C16H17NO3. The van der Waals surface area contributed by atoms with Crippen LogP contribution in [0.5, 0.6) is 5.75 Å². The van der Waals surface area contributed by atoms with Crippen molar-refractivity contribution in [1.82, 2.24) is 4.98 Å². The van der Waals surface area contributed by atoms with Crippen LogP contribution in [-0.4, -0.2) is 25.2 Å². The summed E-state index contributed by atoms with van der Waals surface area (Å²) >= 11 is 0. The van der Waals surface area contributed by atoms with Crippen molar-refractivity contribution in [2.45, 2.75) is 12.8 Å². The lowest BCUT2D eigenvalue weighted by molar-refractivity contribution is 0.0599. The molecule has 1 heterocycles. The van der Waals surface area contributed by atoms with E-state index < -0.39 is 0 Å². The molecule has 0 fully saturated rings. The molecule has 0 saturated heterocycles. The monoisotopic (exact) mass is 271 g/mol. The summed E-state index contributed by atoms with van der Waals surface area (Å²) in [5.74, 6) is 0.509. The highest BCUT2D eigenvalue weighted by atomic mass is 16.5. The number of ether oxygens (including phenoxy) is 2. The highest BCUT2D eigenvalue weighted by Gasteiger charge is 2.12. The molecule has 1 aromatic carbocycles. The summed E-state index contributed by atoms with van der Waals surface area (Å²) in [4.78, 5) is 15.7. The van der Waals surface area contributed by atoms with E-state index >= 15 is 0 Å². The van der Waals surface area contributed by atoms with E-state index in [1.165, 1.54) is 7.11 Å². The maximum Gasteiger partial charge on any atom is 0.339 e. The number of hydrogen-bond donors (Lipinski definition) is 0. The third kappa shape index (κ3) is 3.15. The third-order valence-electron chi connectivity index (χ3n) is 3.17. The largest absolute Gasteiger partial charge is 0.496 e. The van der Waals surface area contributed by atoms with E-state index in [2.05, 4.69) is 4.98 Å². The molecule has 0 unspecified atom stereocenters. The number of esters is 1. The molecule has 4 nitrogen and oxygen atoms in total. The van der Waals surface area contributed by atoms with E-state index in [0.717, 1.165) is 29.7 Å².